The van der Waals surface area contributed by atoms with Gasteiger partial charge in [0.1, 0.15) is 17.1 Å². The van der Waals surface area contributed by atoms with Crippen LogP contribution in [0.4, 0.5) is 4.39 Å². The lowest BCUT2D eigenvalue weighted by Gasteiger charge is -2.07. The van der Waals surface area contributed by atoms with E-state index in [0.717, 1.165) is 0 Å². The lowest BCUT2D eigenvalue weighted by molar-refractivity contribution is 0.0451. The highest BCUT2D eigenvalue weighted by atomic mass is 19.1. The van der Waals surface area contributed by atoms with E-state index in [1.807, 2.05) is 0 Å². The van der Waals surface area contributed by atoms with Crippen molar-refractivity contribution in [3.63, 3.8) is 0 Å². The third-order valence-electron chi connectivity index (χ3n) is 3.17. The molecule has 0 saturated heterocycles. The number of halogens is 1. The van der Waals surface area contributed by atoms with Gasteiger partial charge in [-0.05, 0) is 26.8 Å². The van der Waals surface area contributed by atoms with Crippen LogP contribution in [0.25, 0.3) is 11.1 Å². The maximum absolute atomic E-state index is 14.1. The van der Waals surface area contributed by atoms with Crippen LogP contribution in [0, 0.1) is 12.7 Å². The molecule has 0 saturated carbocycles. The Kier molecular flexibility index (Phi) is 5.16. The molecule has 5 nitrogen and oxygen atoms in total. The Hall–Kier alpha value is -2.63. The average molecular weight is 320 g/mol. The van der Waals surface area contributed by atoms with Crippen molar-refractivity contribution in [3.8, 4) is 11.1 Å². The van der Waals surface area contributed by atoms with Gasteiger partial charge in [0.05, 0.1) is 13.2 Å². The van der Waals surface area contributed by atoms with Gasteiger partial charge in [-0.25, -0.2) is 14.0 Å². The Labute approximate surface area is 133 Å². The van der Waals surface area contributed by atoms with Crippen LogP contribution in [0.2, 0.25) is 0 Å². The van der Waals surface area contributed by atoms with Crippen LogP contribution >= 0.6 is 0 Å². The quantitative estimate of drug-likeness (QED) is 0.785. The van der Waals surface area contributed by atoms with E-state index in [2.05, 4.69) is 0 Å². The summed E-state index contributed by atoms with van der Waals surface area (Å²) in [5.41, 5.74) is 0.241. The van der Waals surface area contributed by atoms with Gasteiger partial charge in [-0.2, -0.15) is 0 Å². The Morgan fingerprint density at radius 1 is 1.09 bits per heavy atom. The van der Waals surface area contributed by atoms with Crippen molar-refractivity contribution >= 4 is 11.9 Å². The van der Waals surface area contributed by atoms with E-state index in [4.69, 9.17) is 13.9 Å². The third kappa shape index (κ3) is 3.26. The Morgan fingerprint density at radius 2 is 1.70 bits per heavy atom. The molecule has 0 bridgehead atoms. The number of hydrogen-bond donors (Lipinski definition) is 0. The third-order valence-corrected chi connectivity index (χ3v) is 3.17. The summed E-state index contributed by atoms with van der Waals surface area (Å²) in [5.74, 6) is -2.12. The normalized spacial score (nSPS) is 10.4. The highest BCUT2D eigenvalue weighted by Gasteiger charge is 2.31. The number of rotatable bonds is 5. The second-order valence-electron chi connectivity index (χ2n) is 4.66. The fourth-order valence-corrected chi connectivity index (χ4v) is 2.27. The molecule has 2 rings (SSSR count). The number of benzene rings is 1. The summed E-state index contributed by atoms with van der Waals surface area (Å²) >= 11 is 0. The Bertz CT molecular complexity index is 733. The van der Waals surface area contributed by atoms with Gasteiger partial charge in [0.15, 0.2) is 0 Å². The van der Waals surface area contributed by atoms with E-state index >= 15 is 0 Å². The number of carbonyl (C=O) groups is 2. The van der Waals surface area contributed by atoms with Gasteiger partial charge < -0.3 is 13.9 Å². The van der Waals surface area contributed by atoms with Gasteiger partial charge in [0.25, 0.3) is 0 Å². The largest absolute Gasteiger partial charge is 0.462 e. The van der Waals surface area contributed by atoms with Crippen molar-refractivity contribution in [3.05, 3.63) is 47.2 Å². The molecular formula is C17H17FO5. The number of esters is 2. The van der Waals surface area contributed by atoms with E-state index in [9.17, 15) is 14.0 Å². The zero-order valence-corrected chi connectivity index (χ0v) is 13.1. The van der Waals surface area contributed by atoms with Crippen molar-refractivity contribution < 1.29 is 27.9 Å². The van der Waals surface area contributed by atoms with Crippen LogP contribution < -0.4 is 0 Å². The minimum absolute atomic E-state index is 0.113. The van der Waals surface area contributed by atoms with Crippen molar-refractivity contribution in [1.29, 1.82) is 0 Å². The lowest BCUT2D eigenvalue weighted by Crippen LogP contribution is -2.13. The first kappa shape index (κ1) is 16.7. The zero-order valence-electron chi connectivity index (χ0n) is 13.1. The maximum atomic E-state index is 14.1. The Balaban J connectivity index is 2.69. The van der Waals surface area contributed by atoms with E-state index in [1.54, 1.807) is 26.8 Å². The molecule has 0 amide bonds. The monoisotopic (exact) mass is 320 g/mol. The second-order valence-corrected chi connectivity index (χ2v) is 4.66. The van der Waals surface area contributed by atoms with Gasteiger partial charge in [0, 0.05) is 11.1 Å². The summed E-state index contributed by atoms with van der Waals surface area (Å²) in [7, 11) is 0. The molecule has 0 aliphatic rings. The van der Waals surface area contributed by atoms with Crippen LogP contribution in [0.15, 0.2) is 28.7 Å². The maximum Gasteiger partial charge on any atom is 0.375 e. The predicted octanol–water partition coefficient (Wildman–Crippen LogP) is 3.75. The molecule has 23 heavy (non-hydrogen) atoms. The molecule has 0 unspecified atom stereocenters. The van der Waals surface area contributed by atoms with E-state index in [-0.39, 0.29) is 41.4 Å². The predicted molar refractivity (Wildman–Crippen MR) is 80.8 cm³/mol. The van der Waals surface area contributed by atoms with Crippen molar-refractivity contribution in [1.82, 2.24) is 0 Å². The molecular weight excluding hydrogens is 303 g/mol. The highest BCUT2D eigenvalue weighted by Crippen LogP contribution is 2.35. The summed E-state index contributed by atoms with van der Waals surface area (Å²) in [6.45, 7) is 5.05. The van der Waals surface area contributed by atoms with Crippen LogP contribution in [-0.4, -0.2) is 25.2 Å². The molecule has 1 aromatic heterocycles. The fraction of sp³-hybridized carbons (Fsp3) is 0.294. The molecule has 0 spiro atoms. The molecule has 0 atom stereocenters. The van der Waals surface area contributed by atoms with Crippen LogP contribution in [-0.2, 0) is 9.47 Å². The molecule has 0 aliphatic carbocycles. The standard InChI is InChI=1S/C17H17FO5/c1-4-21-16(19)14-13(11-8-6-7-9-12(11)18)10(3)23-15(14)17(20)22-5-2/h6-9H,4-5H2,1-3H3. The van der Waals surface area contributed by atoms with Crippen molar-refractivity contribution in [2.45, 2.75) is 20.8 Å². The molecule has 122 valence electrons. The van der Waals surface area contributed by atoms with Gasteiger partial charge in [-0.15, -0.1) is 0 Å². The summed E-state index contributed by atoms with van der Waals surface area (Å²) in [6, 6.07) is 5.93. The first-order valence-electron chi connectivity index (χ1n) is 7.23. The molecule has 1 heterocycles. The average Bonchev–Trinajstić information content (AvgIpc) is 2.86. The topological polar surface area (TPSA) is 65.7 Å². The van der Waals surface area contributed by atoms with Gasteiger partial charge in [-0.3, -0.25) is 0 Å². The van der Waals surface area contributed by atoms with Crippen LogP contribution in [0.1, 0.15) is 40.5 Å². The first-order chi connectivity index (χ1) is 11.0. The minimum Gasteiger partial charge on any atom is -0.462 e. The van der Waals surface area contributed by atoms with Crippen molar-refractivity contribution in [2.24, 2.45) is 0 Å². The number of hydrogen-bond acceptors (Lipinski definition) is 5. The Morgan fingerprint density at radius 3 is 2.30 bits per heavy atom. The van der Waals surface area contributed by atoms with E-state index in [0.29, 0.717) is 0 Å². The summed E-state index contributed by atoms with van der Waals surface area (Å²) in [5, 5.41) is 0. The zero-order chi connectivity index (χ0) is 17.0. The smallest absolute Gasteiger partial charge is 0.375 e. The van der Waals surface area contributed by atoms with Crippen LogP contribution in [0.5, 0.6) is 0 Å². The van der Waals surface area contributed by atoms with Gasteiger partial charge in [-0.1, -0.05) is 18.2 Å². The SMILES string of the molecule is CCOC(=O)c1oc(C)c(-c2ccccc2F)c1C(=O)OCC. The molecule has 0 radical (unpaired) electrons. The number of furan rings is 1. The fourth-order valence-electron chi connectivity index (χ4n) is 2.27. The molecule has 1 aromatic carbocycles. The van der Waals surface area contributed by atoms with Gasteiger partial charge >= 0.3 is 11.9 Å². The highest BCUT2D eigenvalue weighted by molar-refractivity contribution is 6.07. The number of ether oxygens (including phenoxy) is 2. The summed E-state index contributed by atoms with van der Waals surface area (Å²) in [6.07, 6.45) is 0. The molecule has 0 N–H and O–H groups in total. The van der Waals surface area contributed by atoms with E-state index in [1.165, 1.54) is 18.2 Å². The molecule has 2 aromatic rings. The minimum atomic E-state index is -0.791. The summed E-state index contributed by atoms with van der Waals surface area (Å²) in [4.78, 5) is 24.3. The molecule has 6 heteroatoms. The van der Waals surface area contributed by atoms with Gasteiger partial charge in [0.2, 0.25) is 5.76 Å². The number of carbonyl (C=O) groups excluding carboxylic acids is 2. The first-order valence-corrected chi connectivity index (χ1v) is 7.23. The van der Waals surface area contributed by atoms with E-state index < -0.39 is 17.8 Å². The summed E-state index contributed by atoms with van der Waals surface area (Å²) < 4.78 is 29.4. The molecule has 0 aliphatic heterocycles. The molecule has 0 fully saturated rings. The van der Waals surface area contributed by atoms with Crippen LogP contribution in [0.3, 0.4) is 0 Å². The number of aryl methyl sites for hydroxylation is 1. The lowest BCUT2D eigenvalue weighted by atomic mass is 9.99. The van der Waals surface area contributed by atoms with Crippen molar-refractivity contribution in [2.75, 3.05) is 13.2 Å². The second kappa shape index (κ2) is 7.09.